The number of rotatable bonds is 2. The van der Waals surface area contributed by atoms with Crippen LogP contribution in [-0.4, -0.2) is 6.41 Å². The molecule has 0 aliphatic rings. The average Bonchev–Trinajstić information content (AvgIpc) is 2.51. The van der Waals surface area contributed by atoms with E-state index < -0.39 is 0 Å². The number of hydrogen-bond donors (Lipinski definition) is 1. The second-order valence-corrected chi connectivity index (χ2v) is 2.44. The summed E-state index contributed by atoms with van der Waals surface area (Å²) in [6.07, 6.45) is 2.26. The van der Waals surface area contributed by atoms with E-state index in [4.69, 9.17) is 4.42 Å². The molecule has 0 radical (unpaired) electrons. The van der Waals surface area contributed by atoms with Crippen molar-refractivity contribution in [2.75, 3.05) is 5.32 Å². The van der Waals surface area contributed by atoms with Gasteiger partial charge in [-0.05, 0) is 18.2 Å². The van der Waals surface area contributed by atoms with E-state index in [1.165, 1.54) is 0 Å². The molecule has 3 nitrogen and oxygen atoms in total. The number of nitrogens with one attached hydrogen (secondary N) is 1. The first-order valence-corrected chi connectivity index (χ1v) is 3.57. The topological polar surface area (TPSA) is 42.2 Å². The lowest BCUT2D eigenvalue weighted by Gasteiger charge is -1.95. The largest absolute Gasteiger partial charge is 0.464 e. The summed E-state index contributed by atoms with van der Waals surface area (Å²) in [7, 11) is 0. The van der Waals surface area contributed by atoms with Crippen LogP contribution in [0.4, 0.5) is 5.69 Å². The second-order valence-electron chi connectivity index (χ2n) is 2.44. The van der Waals surface area contributed by atoms with Gasteiger partial charge in [0.15, 0.2) is 0 Å². The standard InChI is InChI=1S/C9H7NO2/c11-6-10-8-2-1-7-3-4-12-9(7)5-8/h1-6H,(H,10,11). The molecule has 0 unspecified atom stereocenters. The van der Waals surface area contributed by atoms with Crippen LogP contribution in [0.3, 0.4) is 0 Å². The molecule has 0 atom stereocenters. The smallest absolute Gasteiger partial charge is 0.211 e. The fraction of sp³-hybridized carbons (Fsp3) is 0. The Morgan fingerprint density at radius 3 is 3.08 bits per heavy atom. The number of amides is 1. The normalized spacial score (nSPS) is 10.0. The molecule has 60 valence electrons. The molecule has 0 saturated carbocycles. The SMILES string of the molecule is O=CNc1ccc2ccoc2c1. The minimum absolute atomic E-state index is 0.643. The van der Waals surface area contributed by atoms with Crippen LogP contribution in [0.15, 0.2) is 34.9 Å². The van der Waals surface area contributed by atoms with Gasteiger partial charge < -0.3 is 9.73 Å². The number of furan rings is 1. The number of carbonyl (C=O) groups is 1. The summed E-state index contributed by atoms with van der Waals surface area (Å²) in [5.74, 6) is 0. The molecule has 2 aromatic rings. The monoisotopic (exact) mass is 161 g/mol. The molecule has 12 heavy (non-hydrogen) atoms. The van der Waals surface area contributed by atoms with Crippen molar-refractivity contribution < 1.29 is 9.21 Å². The van der Waals surface area contributed by atoms with Crippen LogP contribution in [0.2, 0.25) is 0 Å². The fourth-order valence-electron chi connectivity index (χ4n) is 1.11. The average molecular weight is 161 g/mol. The van der Waals surface area contributed by atoms with Crippen LogP contribution in [0.5, 0.6) is 0 Å². The van der Waals surface area contributed by atoms with Crippen LogP contribution in [0.1, 0.15) is 0 Å². The third-order valence-corrected chi connectivity index (χ3v) is 1.68. The van der Waals surface area contributed by atoms with E-state index >= 15 is 0 Å². The van der Waals surface area contributed by atoms with E-state index in [2.05, 4.69) is 5.32 Å². The molecule has 0 spiro atoms. The molecule has 1 aromatic carbocycles. The summed E-state index contributed by atoms with van der Waals surface area (Å²) in [5.41, 5.74) is 1.52. The van der Waals surface area contributed by atoms with Crippen molar-refractivity contribution in [3.8, 4) is 0 Å². The number of carbonyl (C=O) groups excluding carboxylic acids is 1. The number of benzene rings is 1. The van der Waals surface area contributed by atoms with Crippen LogP contribution in [-0.2, 0) is 4.79 Å². The molecule has 1 heterocycles. The molecule has 2 rings (SSSR count). The van der Waals surface area contributed by atoms with Crippen LogP contribution < -0.4 is 5.32 Å². The quantitative estimate of drug-likeness (QED) is 0.684. The molecule has 3 heteroatoms. The molecule has 0 aliphatic carbocycles. The highest BCUT2D eigenvalue weighted by Crippen LogP contribution is 2.19. The molecule has 1 aromatic heterocycles. The maximum absolute atomic E-state index is 10.1. The lowest BCUT2D eigenvalue weighted by atomic mass is 10.2. The first-order chi connectivity index (χ1) is 5.90. The molecule has 0 aliphatic heterocycles. The van der Waals surface area contributed by atoms with Gasteiger partial charge in [0.05, 0.1) is 6.26 Å². The third kappa shape index (κ3) is 1.05. The van der Waals surface area contributed by atoms with Gasteiger partial charge in [0.1, 0.15) is 5.58 Å². The van der Waals surface area contributed by atoms with Gasteiger partial charge in [-0.1, -0.05) is 0 Å². The Morgan fingerprint density at radius 2 is 2.25 bits per heavy atom. The zero-order valence-electron chi connectivity index (χ0n) is 6.28. The molecule has 0 bridgehead atoms. The Bertz CT molecular complexity index is 406. The maximum Gasteiger partial charge on any atom is 0.211 e. The van der Waals surface area contributed by atoms with Gasteiger partial charge in [-0.25, -0.2) is 0 Å². The predicted octanol–water partition coefficient (Wildman–Crippen LogP) is 2.00. The highest BCUT2D eigenvalue weighted by atomic mass is 16.3. The maximum atomic E-state index is 10.1. The van der Waals surface area contributed by atoms with Gasteiger partial charge in [0, 0.05) is 17.1 Å². The molecule has 0 saturated heterocycles. The van der Waals surface area contributed by atoms with E-state index in [1.54, 1.807) is 12.3 Å². The number of fused-ring (bicyclic) bond motifs is 1. The van der Waals surface area contributed by atoms with E-state index in [0.29, 0.717) is 6.41 Å². The van der Waals surface area contributed by atoms with Gasteiger partial charge in [-0.2, -0.15) is 0 Å². The van der Waals surface area contributed by atoms with Gasteiger partial charge >= 0.3 is 0 Å². The molecule has 1 N–H and O–H groups in total. The van der Waals surface area contributed by atoms with E-state index in [1.807, 2.05) is 18.2 Å². The van der Waals surface area contributed by atoms with Crippen molar-refractivity contribution in [1.82, 2.24) is 0 Å². The number of hydrogen-bond acceptors (Lipinski definition) is 2. The Labute approximate surface area is 69.0 Å². The second kappa shape index (κ2) is 2.70. The molecular formula is C9H7NO2. The summed E-state index contributed by atoms with van der Waals surface area (Å²) in [6.45, 7) is 0. The lowest BCUT2D eigenvalue weighted by Crippen LogP contribution is -1.92. The minimum Gasteiger partial charge on any atom is -0.464 e. The highest BCUT2D eigenvalue weighted by Gasteiger charge is 1.96. The molecule has 1 amide bonds. The van der Waals surface area contributed by atoms with Crippen molar-refractivity contribution in [3.05, 3.63) is 30.5 Å². The van der Waals surface area contributed by atoms with Crippen molar-refractivity contribution in [3.63, 3.8) is 0 Å². The first-order valence-electron chi connectivity index (χ1n) is 3.57. The number of anilines is 1. The molecular weight excluding hydrogens is 154 g/mol. The predicted molar refractivity (Wildman–Crippen MR) is 45.9 cm³/mol. The Kier molecular flexibility index (Phi) is 1.55. The Morgan fingerprint density at radius 1 is 1.33 bits per heavy atom. The van der Waals surface area contributed by atoms with Crippen molar-refractivity contribution in [1.29, 1.82) is 0 Å². The van der Waals surface area contributed by atoms with Crippen LogP contribution in [0.25, 0.3) is 11.0 Å². The third-order valence-electron chi connectivity index (χ3n) is 1.68. The van der Waals surface area contributed by atoms with Crippen LogP contribution >= 0.6 is 0 Å². The van der Waals surface area contributed by atoms with Gasteiger partial charge in [-0.15, -0.1) is 0 Å². The Hall–Kier alpha value is -1.77. The minimum atomic E-state index is 0.643. The van der Waals surface area contributed by atoms with Gasteiger partial charge in [-0.3, -0.25) is 4.79 Å². The van der Waals surface area contributed by atoms with Crippen LogP contribution in [0, 0.1) is 0 Å². The van der Waals surface area contributed by atoms with Gasteiger partial charge in [0.2, 0.25) is 6.41 Å². The first kappa shape index (κ1) is 6.91. The van der Waals surface area contributed by atoms with Crippen molar-refractivity contribution >= 4 is 23.1 Å². The lowest BCUT2D eigenvalue weighted by molar-refractivity contribution is -0.105. The molecule has 0 fully saturated rings. The Balaban J connectivity index is 2.52. The zero-order valence-corrected chi connectivity index (χ0v) is 6.28. The van der Waals surface area contributed by atoms with E-state index in [0.717, 1.165) is 16.7 Å². The van der Waals surface area contributed by atoms with Gasteiger partial charge in [0.25, 0.3) is 0 Å². The summed E-state index contributed by atoms with van der Waals surface area (Å²) < 4.78 is 5.15. The zero-order chi connectivity index (χ0) is 8.39. The summed E-state index contributed by atoms with van der Waals surface area (Å²) in [6, 6.07) is 7.38. The summed E-state index contributed by atoms with van der Waals surface area (Å²) in [4.78, 5) is 10.1. The van der Waals surface area contributed by atoms with E-state index in [-0.39, 0.29) is 0 Å². The summed E-state index contributed by atoms with van der Waals surface area (Å²) in [5, 5.41) is 3.58. The fourth-order valence-corrected chi connectivity index (χ4v) is 1.11. The van der Waals surface area contributed by atoms with Crippen molar-refractivity contribution in [2.45, 2.75) is 0 Å². The summed E-state index contributed by atoms with van der Waals surface area (Å²) >= 11 is 0. The van der Waals surface area contributed by atoms with Crippen molar-refractivity contribution in [2.24, 2.45) is 0 Å². The van der Waals surface area contributed by atoms with E-state index in [9.17, 15) is 4.79 Å². The highest BCUT2D eigenvalue weighted by molar-refractivity contribution is 5.83.